The highest BCUT2D eigenvalue weighted by Crippen LogP contribution is 2.41. The molecule has 3 aromatic rings. The summed E-state index contributed by atoms with van der Waals surface area (Å²) in [5.41, 5.74) is -1.78. The smallest absolute Gasteiger partial charge is 0.372 e. The molecule has 5 rings (SSSR count). The van der Waals surface area contributed by atoms with Crippen LogP contribution in [0, 0.1) is 0 Å². The lowest BCUT2D eigenvalue weighted by molar-refractivity contribution is -0.110. The van der Waals surface area contributed by atoms with Crippen molar-refractivity contribution < 1.29 is 26.4 Å². The lowest BCUT2D eigenvalue weighted by atomic mass is 9.98. The summed E-state index contributed by atoms with van der Waals surface area (Å²) in [6, 6.07) is 20.9. The first-order valence-electron chi connectivity index (χ1n) is 12.0. The first-order chi connectivity index (χ1) is 18.0. The van der Waals surface area contributed by atoms with Crippen LogP contribution in [-0.4, -0.2) is 40.0 Å². The van der Waals surface area contributed by atoms with Gasteiger partial charge in [-0.15, -0.1) is 0 Å². The highest BCUT2D eigenvalue weighted by Gasteiger charge is 2.46. The van der Waals surface area contributed by atoms with Crippen molar-refractivity contribution in [3.8, 4) is 0 Å². The molecule has 1 amide bonds. The van der Waals surface area contributed by atoms with E-state index in [0.717, 1.165) is 37.3 Å². The van der Waals surface area contributed by atoms with Gasteiger partial charge in [0.1, 0.15) is 0 Å². The Hall–Kier alpha value is -3.99. The third-order valence-electron chi connectivity index (χ3n) is 6.65. The van der Waals surface area contributed by atoms with Gasteiger partial charge in [0.05, 0.1) is 11.3 Å². The molecule has 0 saturated carbocycles. The Morgan fingerprint density at radius 1 is 0.974 bits per heavy atom. The number of nitrogens with zero attached hydrogens (tertiary/aromatic N) is 2. The summed E-state index contributed by atoms with van der Waals surface area (Å²) >= 11 is 0. The van der Waals surface area contributed by atoms with E-state index in [0.29, 0.717) is 16.9 Å². The normalized spacial score (nSPS) is 16.7. The second-order valence-electron chi connectivity index (χ2n) is 9.12. The summed E-state index contributed by atoms with van der Waals surface area (Å²) in [6.07, 6.45) is 2.31. The average molecular weight is 543 g/mol. The Morgan fingerprint density at radius 2 is 1.63 bits per heavy atom. The van der Waals surface area contributed by atoms with Crippen molar-refractivity contribution in [2.75, 3.05) is 40.0 Å². The maximum absolute atomic E-state index is 13.2. The number of benzene rings is 3. The third-order valence-corrected chi connectivity index (χ3v) is 7.76. The molecule has 0 aromatic heterocycles. The largest absolute Gasteiger partial charge is 0.516 e. The molecule has 2 heterocycles. The van der Waals surface area contributed by atoms with E-state index in [2.05, 4.69) is 10.2 Å². The molecule has 2 aliphatic heterocycles. The van der Waals surface area contributed by atoms with Crippen molar-refractivity contribution in [2.45, 2.75) is 18.3 Å². The van der Waals surface area contributed by atoms with E-state index in [9.17, 15) is 26.4 Å². The van der Waals surface area contributed by atoms with Crippen LogP contribution in [0.15, 0.2) is 72.8 Å². The fourth-order valence-electron chi connectivity index (χ4n) is 4.77. The molecule has 0 aliphatic carbocycles. The molecule has 0 spiro atoms. The molecule has 1 fully saturated rings. The summed E-state index contributed by atoms with van der Waals surface area (Å²) in [7, 11) is -3.82. The van der Waals surface area contributed by atoms with E-state index in [1.807, 2.05) is 66.5 Å². The molecule has 3 aromatic carbocycles. The number of carbonyl (C=O) groups excluding carboxylic acids is 1. The van der Waals surface area contributed by atoms with Gasteiger partial charge in [-0.05, 0) is 60.9 Å². The lowest BCUT2D eigenvalue weighted by Crippen LogP contribution is -2.29. The summed E-state index contributed by atoms with van der Waals surface area (Å²) in [5, 5.41) is 2.74. The molecular formula is C27H25F3N4O3S. The fourth-order valence-corrected chi connectivity index (χ4v) is 5.33. The number of halogens is 3. The zero-order chi connectivity index (χ0) is 27.1. The summed E-state index contributed by atoms with van der Waals surface area (Å²) in [4.78, 5) is 17.4. The van der Waals surface area contributed by atoms with Crippen molar-refractivity contribution >= 4 is 50.0 Å². The number of anilines is 4. The third kappa shape index (κ3) is 4.81. The van der Waals surface area contributed by atoms with Crippen LogP contribution >= 0.6 is 0 Å². The van der Waals surface area contributed by atoms with Gasteiger partial charge in [-0.1, -0.05) is 30.3 Å². The van der Waals surface area contributed by atoms with Crippen LogP contribution in [-0.2, 0) is 14.8 Å². The number of alkyl halides is 3. The maximum Gasteiger partial charge on any atom is 0.516 e. The lowest BCUT2D eigenvalue weighted by Gasteiger charge is -2.26. The van der Waals surface area contributed by atoms with Crippen LogP contribution in [0.2, 0.25) is 0 Å². The molecule has 0 unspecified atom stereocenters. The molecule has 11 heteroatoms. The van der Waals surface area contributed by atoms with Crippen LogP contribution in [0.25, 0.3) is 11.3 Å². The van der Waals surface area contributed by atoms with Gasteiger partial charge >= 0.3 is 15.5 Å². The predicted octanol–water partition coefficient (Wildman–Crippen LogP) is 5.51. The van der Waals surface area contributed by atoms with Gasteiger partial charge in [0.25, 0.3) is 5.91 Å². The van der Waals surface area contributed by atoms with E-state index in [-0.39, 0.29) is 16.8 Å². The quantitative estimate of drug-likeness (QED) is 0.402. The van der Waals surface area contributed by atoms with E-state index in [4.69, 9.17) is 0 Å². The molecule has 1 saturated heterocycles. The molecule has 2 aliphatic rings. The topological polar surface area (TPSA) is 81.8 Å². The van der Waals surface area contributed by atoms with E-state index >= 15 is 0 Å². The Morgan fingerprint density at radius 3 is 2.26 bits per heavy atom. The van der Waals surface area contributed by atoms with Gasteiger partial charge in [-0.25, -0.2) is 0 Å². The fraction of sp³-hybridized carbons (Fsp3) is 0.222. The van der Waals surface area contributed by atoms with Gasteiger partial charge in [0.15, 0.2) is 0 Å². The second kappa shape index (κ2) is 9.71. The van der Waals surface area contributed by atoms with Crippen molar-refractivity contribution in [2.24, 2.45) is 0 Å². The van der Waals surface area contributed by atoms with Crippen molar-refractivity contribution in [3.05, 3.63) is 83.9 Å². The van der Waals surface area contributed by atoms with Crippen LogP contribution in [0.4, 0.5) is 35.9 Å². The van der Waals surface area contributed by atoms with E-state index in [1.165, 1.54) is 18.2 Å². The molecular weight excluding hydrogens is 517 g/mol. The number of nitrogens with one attached hydrogen (secondary N) is 2. The van der Waals surface area contributed by atoms with Gasteiger partial charge < -0.3 is 15.1 Å². The molecule has 7 nitrogen and oxygen atoms in total. The Kier molecular flexibility index (Phi) is 6.56. The number of hydrogen-bond donors (Lipinski definition) is 2. The number of hydrogen-bond acceptors (Lipinski definition) is 5. The van der Waals surface area contributed by atoms with Gasteiger partial charge in [0.2, 0.25) is 0 Å². The molecule has 0 bridgehead atoms. The van der Waals surface area contributed by atoms with Gasteiger partial charge in [-0.2, -0.15) is 21.6 Å². The Labute approximate surface area is 218 Å². The highest BCUT2D eigenvalue weighted by molar-refractivity contribution is 7.93. The molecule has 198 valence electrons. The SMILES string of the molecule is CN(/C(=C1\C(=O)Nc2ccc(NS(=O)(=O)C(F)(F)F)cc21)c1ccccc1)c1ccc(N2CCCC2)cc1. The Bertz CT molecular complexity index is 1500. The number of rotatable bonds is 6. The minimum atomic E-state index is -5.63. The highest BCUT2D eigenvalue weighted by atomic mass is 32.2. The standard InChI is InChI=1S/C27H25F3N4O3S/c1-33(20-10-12-21(13-11-20)34-15-5-6-16-34)25(18-7-3-2-4-8-18)24-22-17-19(9-14-23(22)31-26(24)35)32-38(36,37)27(28,29)30/h2-4,7-14,17,32H,5-6,15-16H2,1H3,(H,31,35)/b25-24-. The van der Waals surface area contributed by atoms with E-state index < -0.39 is 21.4 Å². The van der Waals surface area contributed by atoms with Crippen LogP contribution in [0.1, 0.15) is 24.0 Å². The van der Waals surface area contributed by atoms with Gasteiger partial charge in [0, 0.05) is 48.5 Å². The zero-order valence-corrected chi connectivity index (χ0v) is 21.2. The van der Waals surface area contributed by atoms with Crippen molar-refractivity contribution in [3.63, 3.8) is 0 Å². The molecule has 38 heavy (non-hydrogen) atoms. The van der Waals surface area contributed by atoms with E-state index in [1.54, 1.807) is 4.72 Å². The number of sulfonamides is 1. The van der Waals surface area contributed by atoms with Crippen molar-refractivity contribution in [1.82, 2.24) is 0 Å². The first-order valence-corrected chi connectivity index (χ1v) is 13.5. The van der Waals surface area contributed by atoms with Crippen LogP contribution < -0.4 is 19.8 Å². The monoisotopic (exact) mass is 542 g/mol. The predicted molar refractivity (Wildman–Crippen MR) is 143 cm³/mol. The summed E-state index contributed by atoms with van der Waals surface area (Å²) in [5.74, 6) is -0.449. The molecule has 0 atom stereocenters. The minimum absolute atomic E-state index is 0.213. The number of amides is 1. The zero-order valence-electron chi connectivity index (χ0n) is 20.4. The van der Waals surface area contributed by atoms with Crippen LogP contribution in [0.3, 0.4) is 0 Å². The van der Waals surface area contributed by atoms with Crippen LogP contribution in [0.5, 0.6) is 0 Å². The average Bonchev–Trinajstić information content (AvgIpc) is 3.53. The minimum Gasteiger partial charge on any atom is -0.372 e. The Balaban J connectivity index is 1.60. The first kappa shape index (κ1) is 25.7. The summed E-state index contributed by atoms with van der Waals surface area (Å²) in [6.45, 7) is 2.01. The van der Waals surface area contributed by atoms with Crippen molar-refractivity contribution in [1.29, 1.82) is 0 Å². The number of carbonyl (C=O) groups is 1. The summed E-state index contributed by atoms with van der Waals surface area (Å²) < 4.78 is 63.9. The number of fused-ring (bicyclic) bond motifs is 1. The molecule has 0 radical (unpaired) electrons. The maximum atomic E-state index is 13.2. The molecule has 2 N–H and O–H groups in total. The van der Waals surface area contributed by atoms with Gasteiger partial charge in [-0.3, -0.25) is 9.52 Å². The second-order valence-corrected chi connectivity index (χ2v) is 10.8.